The molecule has 0 unspecified atom stereocenters. The molecule has 1 fully saturated rings. The molecule has 0 bridgehead atoms. The zero-order valence-corrected chi connectivity index (χ0v) is 14.1. The molecule has 122 valence electrons. The number of amides is 2. The average Bonchev–Trinajstić information content (AvgIpc) is 2.98. The number of likely N-dealkylation sites (tertiary alicyclic amines) is 1. The highest BCUT2D eigenvalue weighted by molar-refractivity contribution is 7.07. The van der Waals surface area contributed by atoms with Gasteiger partial charge in [-0.05, 0) is 68.1 Å². The minimum atomic E-state index is -0.537. The first-order valence-corrected chi connectivity index (χ1v) is 8.81. The molecule has 1 aliphatic rings. The number of carbonyl (C=O) groups is 2. The predicted molar refractivity (Wildman–Crippen MR) is 88.6 cm³/mol. The maximum atomic E-state index is 11.7. The van der Waals surface area contributed by atoms with E-state index in [1.807, 2.05) is 13.8 Å². The first-order valence-electron chi connectivity index (χ1n) is 7.86. The molecule has 6 heteroatoms. The third kappa shape index (κ3) is 5.42. The van der Waals surface area contributed by atoms with Gasteiger partial charge < -0.3 is 10.6 Å². The SMILES string of the molecule is CC(C)NC(=O)C(=O)NCC1CCN(Cc2ccsc2)CC1. The average molecular weight is 323 g/mol. The van der Waals surface area contributed by atoms with Gasteiger partial charge >= 0.3 is 11.8 Å². The Labute approximate surface area is 136 Å². The lowest BCUT2D eigenvalue weighted by atomic mass is 9.96. The lowest BCUT2D eigenvalue weighted by Gasteiger charge is -2.31. The second-order valence-electron chi connectivity index (χ2n) is 6.19. The molecule has 0 aromatic carbocycles. The fourth-order valence-corrected chi connectivity index (χ4v) is 3.29. The smallest absolute Gasteiger partial charge is 0.309 e. The van der Waals surface area contributed by atoms with Crippen molar-refractivity contribution in [3.8, 4) is 0 Å². The fourth-order valence-electron chi connectivity index (χ4n) is 2.63. The standard InChI is InChI=1S/C16H25N3O2S/c1-12(2)18-16(21)15(20)17-9-13-3-6-19(7-4-13)10-14-5-8-22-11-14/h5,8,11-13H,3-4,6-7,9-10H2,1-2H3,(H,17,20)(H,18,21). The maximum absolute atomic E-state index is 11.7. The molecule has 0 radical (unpaired) electrons. The number of hydrogen-bond acceptors (Lipinski definition) is 4. The monoisotopic (exact) mass is 323 g/mol. The Kier molecular flexibility index (Phi) is 6.39. The highest BCUT2D eigenvalue weighted by atomic mass is 32.1. The molecule has 22 heavy (non-hydrogen) atoms. The van der Waals surface area contributed by atoms with Crippen LogP contribution in [0.4, 0.5) is 0 Å². The third-order valence-electron chi connectivity index (χ3n) is 3.87. The summed E-state index contributed by atoms with van der Waals surface area (Å²) in [6.07, 6.45) is 2.13. The molecule has 0 atom stereocenters. The molecule has 2 rings (SSSR count). The van der Waals surface area contributed by atoms with E-state index in [1.54, 1.807) is 11.3 Å². The number of thiophene rings is 1. The summed E-state index contributed by atoms with van der Waals surface area (Å²) in [5.41, 5.74) is 1.38. The van der Waals surface area contributed by atoms with Gasteiger partial charge in [-0.2, -0.15) is 11.3 Å². The Balaban J connectivity index is 1.65. The van der Waals surface area contributed by atoms with E-state index >= 15 is 0 Å². The van der Waals surface area contributed by atoms with Crippen molar-refractivity contribution in [1.29, 1.82) is 0 Å². The van der Waals surface area contributed by atoms with Gasteiger partial charge in [0.2, 0.25) is 0 Å². The second-order valence-corrected chi connectivity index (χ2v) is 6.97. The van der Waals surface area contributed by atoms with Crippen LogP contribution in [0.25, 0.3) is 0 Å². The van der Waals surface area contributed by atoms with Crippen LogP contribution >= 0.6 is 11.3 Å². The largest absolute Gasteiger partial charge is 0.348 e. The molecule has 0 spiro atoms. The zero-order valence-electron chi connectivity index (χ0n) is 13.3. The molecule has 1 aromatic heterocycles. The summed E-state index contributed by atoms with van der Waals surface area (Å²) < 4.78 is 0. The van der Waals surface area contributed by atoms with Crippen LogP contribution in [0, 0.1) is 5.92 Å². The Bertz CT molecular complexity index is 480. The highest BCUT2D eigenvalue weighted by Crippen LogP contribution is 2.19. The van der Waals surface area contributed by atoms with E-state index < -0.39 is 11.8 Å². The minimum Gasteiger partial charge on any atom is -0.348 e. The van der Waals surface area contributed by atoms with Gasteiger partial charge in [-0.25, -0.2) is 0 Å². The second kappa shape index (κ2) is 8.29. The minimum absolute atomic E-state index is 0.0152. The van der Waals surface area contributed by atoms with E-state index in [9.17, 15) is 9.59 Å². The molecule has 0 saturated carbocycles. The summed E-state index contributed by atoms with van der Waals surface area (Å²) in [5, 5.41) is 9.66. The van der Waals surface area contributed by atoms with Crippen molar-refractivity contribution in [1.82, 2.24) is 15.5 Å². The molecule has 5 nitrogen and oxygen atoms in total. The molecule has 0 aliphatic carbocycles. The summed E-state index contributed by atoms with van der Waals surface area (Å²) in [6, 6.07) is 2.16. The van der Waals surface area contributed by atoms with Crippen LogP contribution in [0.2, 0.25) is 0 Å². The quantitative estimate of drug-likeness (QED) is 0.809. The zero-order chi connectivity index (χ0) is 15.9. The Morgan fingerprint density at radius 1 is 1.32 bits per heavy atom. The number of piperidine rings is 1. The van der Waals surface area contributed by atoms with Crippen LogP contribution < -0.4 is 10.6 Å². The third-order valence-corrected chi connectivity index (χ3v) is 4.60. The van der Waals surface area contributed by atoms with E-state index in [1.165, 1.54) is 5.56 Å². The number of hydrogen-bond donors (Lipinski definition) is 2. The van der Waals surface area contributed by atoms with Crippen LogP contribution in [0.5, 0.6) is 0 Å². The van der Waals surface area contributed by atoms with Gasteiger partial charge in [0.25, 0.3) is 0 Å². The van der Waals surface area contributed by atoms with E-state index in [0.29, 0.717) is 12.5 Å². The number of carbonyl (C=O) groups excluding carboxylic acids is 2. The van der Waals surface area contributed by atoms with Gasteiger partial charge in [0.1, 0.15) is 0 Å². The number of rotatable bonds is 5. The van der Waals surface area contributed by atoms with Crippen LogP contribution in [-0.2, 0) is 16.1 Å². The summed E-state index contributed by atoms with van der Waals surface area (Å²) in [7, 11) is 0. The first kappa shape index (κ1) is 17.0. The summed E-state index contributed by atoms with van der Waals surface area (Å²) >= 11 is 1.73. The number of nitrogens with zero attached hydrogens (tertiary/aromatic N) is 1. The lowest BCUT2D eigenvalue weighted by Crippen LogP contribution is -2.45. The summed E-state index contributed by atoms with van der Waals surface area (Å²) in [6.45, 7) is 7.39. The van der Waals surface area contributed by atoms with Crippen LogP contribution in [0.1, 0.15) is 32.3 Å². The normalized spacial score (nSPS) is 16.7. The molecule has 1 aromatic rings. The van der Waals surface area contributed by atoms with Gasteiger partial charge in [0.05, 0.1) is 0 Å². The van der Waals surface area contributed by atoms with Crippen molar-refractivity contribution in [3.63, 3.8) is 0 Å². The molecular weight excluding hydrogens is 298 g/mol. The van der Waals surface area contributed by atoms with Gasteiger partial charge in [-0.3, -0.25) is 14.5 Å². The topological polar surface area (TPSA) is 61.4 Å². The summed E-state index contributed by atoms with van der Waals surface area (Å²) in [5.74, 6) is -0.589. The van der Waals surface area contributed by atoms with E-state index in [0.717, 1.165) is 32.5 Å². The van der Waals surface area contributed by atoms with Crippen molar-refractivity contribution in [3.05, 3.63) is 22.4 Å². The first-order chi connectivity index (χ1) is 10.5. The van der Waals surface area contributed by atoms with E-state index in [4.69, 9.17) is 0 Å². The fraction of sp³-hybridized carbons (Fsp3) is 0.625. The Morgan fingerprint density at radius 2 is 2.05 bits per heavy atom. The molecule has 1 saturated heterocycles. The van der Waals surface area contributed by atoms with Crippen LogP contribution in [-0.4, -0.2) is 42.4 Å². The van der Waals surface area contributed by atoms with E-state index in [2.05, 4.69) is 32.4 Å². The Hall–Kier alpha value is -1.40. The molecule has 2 heterocycles. The molecule has 2 amide bonds. The Morgan fingerprint density at radius 3 is 2.64 bits per heavy atom. The predicted octanol–water partition coefficient (Wildman–Crippen LogP) is 1.60. The van der Waals surface area contributed by atoms with Crippen molar-refractivity contribution >= 4 is 23.2 Å². The maximum Gasteiger partial charge on any atom is 0.309 e. The van der Waals surface area contributed by atoms with Gasteiger partial charge in [0, 0.05) is 19.1 Å². The lowest BCUT2D eigenvalue weighted by molar-refractivity contribution is -0.139. The van der Waals surface area contributed by atoms with Crippen molar-refractivity contribution in [2.75, 3.05) is 19.6 Å². The van der Waals surface area contributed by atoms with Crippen molar-refractivity contribution in [2.45, 2.75) is 39.3 Å². The molecule has 2 N–H and O–H groups in total. The summed E-state index contributed by atoms with van der Waals surface area (Å²) in [4.78, 5) is 25.6. The van der Waals surface area contributed by atoms with Crippen molar-refractivity contribution < 1.29 is 9.59 Å². The van der Waals surface area contributed by atoms with Gasteiger partial charge in [0.15, 0.2) is 0 Å². The van der Waals surface area contributed by atoms with Gasteiger partial charge in [-0.1, -0.05) is 0 Å². The van der Waals surface area contributed by atoms with Crippen LogP contribution in [0.15, 0.2) is 16.8 Å². The van der Waals surface area contributed by atoms with Crippen LogP contribution in [0.3, 0.4) is 0 Å². The highest BCUT2D eigenvalue weighted by Gasteiger charge is 2.21. The molecule has 1 aliphatic heterocycles. The number of nitrogens with one attached hydrogen (secondary N) is 2. The van der Waals surface area contributed by atoms with E-state index in [-0.39, 0.29) is 6.04 Å². The van der Waals surface area contributed by atoms with Crippen molar-refractivity contribution in [2.24, 2.45) is 5.92 Å². The van der Waals surface area contributed by atoms with Gasteiger partial charge in [-0.15, -0.1) is 0 Å². The molecular formula is C16H25N3O2S.